The number of carbonyl (C=O) groups excluding carboxylic acids is 2. The van der Waals surface area contributed by atoms with Crippen molar-refractivity contribution in [1.82, 2.24) is 15.2 Å². The first kappa shape index (κ1) is 19.4. The van der Waals surface area contributed by atoms with Crippen molar-refractivity contribution < 1.29 is 9.59 Å². The number of carbonyl (C=O) groups is 2. The van der Waals surface area contributed by atoms with Gasteiger partial charge >= 0.3 is 0 Å². The summed E-state index contributed by atoms with van der Waals surface area (Å²) in [5.74, 6) is -0.0764. The summed E-state index contributed by atoms with van der Waals surface area (Å²) < 4.78 is 0. The predicted molar refractivity (Wildman–Crippen MR) is 106 cm³/mol. The number of benzene rings is 1. The van der Waals surface area contributed by atoms with Crippen LogP contribution in [0.4, 0.5) is 0 Å². The maximum Gasteiger partial charge on any atom is 0.253 e. The molecule has 1 unspecified atom stereocenters. The first-order valence-corrected chi connectivity index (χ1v) is 9.72. The summed E-state index contributed by atoms with van der Waals surface area (Å²) in [4.78, 5) is 31.1. The van der Waals surface area contributed by atoms with Crippen LogP contribution in [-0.2, 0) is 4.79 Å². The Morgan fingerprint density at radius 3 is 2.48 bits per heavy atom. The second-order valence-corrected chi connectivity index (χ2v) is 7.20. The van der Waals surface area contributed by atoms with Crippen molar-refractivity contribution in [3.8, 4) is 0 Å². The molecule has 1 N–H and O–H groups in total. The van der Waals surface area contributed by atoms with Crippen molar-refractivity contribution in [2.75, 3.05) is 13.1 Å². The van der Waals surface area contributed by atoms with Crippen molar-refractivity contribution in [3.63, 3.8) is 0 Å². The van der Waals surface area contributed by atoms with Gasteiger partial charge in [0.15, 0.2) is 0 Å². The summed E-state index contributed by atoms with van der Waals surface area (Å²) in [5, 5.41) is 3.39. The molecule has 0 radical (unpaired) electrons. The fourth-order valence-corrected chi connectivity index (χ4v) is 3.59. The van der Waals surface area contributed by atoms with Crippen LogP contribution in [0.25, 0.3) is 0 Å². The minimum Gasteiger partial charge on any atom is -0.349 e. The van der Waals surface area contributed by atoms with Gasteiger partial charge in [-0.25, -0.2) is 4.98 Å². The molecule has 0 bridgehead atoms. The summed E-state index contributed by atoms with van der Waals surface area (Å²) in [6.07, 6.45) is 3.76. The Hall–Kier alpha value is -2.40. The highest BCUT2D eigenvalue weighted by molar-refractivity contribution is 6.29. The molecule has 3 rings (SSSR count). The van der Waals surface area contributed by atoms with Gasteiger partial charge in [-0.2, -0.15) is 0 Å². The zero-order valence-corrected chi connectivity index (χ0v) is 16.2. The van der Waals surface area contributed by atoms with Crippen molar-refractivity contribution in [1.29, 1.82) is 0 Å². The average Bonchev–Trinajstić information content (AvgIpc) is 2.70. The summed E-state index contributed by atoms with van der Waals surface area (Å²) >= 11 is 5.76. The number of nitrogens with zero attached hydrogens (tertiary/aromatic N) is 2. The lowest BCUT2D eigenvalue weighted by Crippen LogP contribution is -2.47. The molecular formula is C21H24ClN3O2. The molecule has 2 amide bonds. The van der Waals surface area contributed by atoms with Crippen LogP contribution in [0.15, 0.2) is 48.7 Å². The maximum absolute atomic E-state index is 12.9. The van der Waals surface area contributed by atoms with Gasteiger partial charge in [0.25, 0.3) is 5.91 Å². The number of rotatable bonds is 5. The van der Waals surface area contributed by atoms with Crippen molar-refractivity contribution in [3.05, 3.63) is 64.9 Å². The van der Waals surface area contributed by atoms with E-state index in [1.165, 1.54) is 6.20 Å². The SMILES string of the molecule is CCC(C(=O)N1CCC(NC(=O)c2ccc(Cl)nc2)CC1)c1ccccc1. The molecule has 2 aromatic rings. The molecule has 1 atom stereocenters. The average molecular weight is 386 g/mol. The van der Waals surface area contributed by atoms with E-state index in [-0.39, 0.29) is 23.8 Å². The molecule has 1 saturated heterocycles. The Kier molecular flexibility index (Phi) is 6.45. The molecule has 27 heavy (non-hydrogen) atoms. The van der Waals surface area contributed by atoms with Gasteiger partial charge < -0.3 is 10.2 Å². The fourth-order valence-electron chi connectivity index (χ4n) is 3.48. The van der Waals surface area contributed by atoms with E-state index in [1.807, 2.05) is 42.2 Å². The fraction of sp³-hybridized carbons (Fsp3) is 0.381. The topological polar surface area (TPSA) is 62.3 Å². The van der Waals surface area contributed by atoms with Crippen LogP contribution >= 0.6 is 11.6 Å². The van der Waals surface area contributed by atoms with E-state index in [0.29, 0.717) is 23.8 Å². The van der Waals surface area contributed by atoms with Crippen molar-refractivity contribution >= 4 is 23.4 Å². The number of hydrogen-bond donors (Lipinski definition) is 1. The number of aromatic nitrogens is 1. The predicted octanol–water partition coefficient (Wildman–Crippen LogP) is 3.65. The molecule has 1 aromatic heterocycles. The molecule has 142 valence electrons. The molecule has 1 aliphatic heterocycles. The van der Waals surface area contributed by atoms with Crippen LogP contribution in [0.5, 0.6) is 0 Å². The molecule has 0 spiro atoms. The van der Waals surface area contributed by atoms with Crippen LogP contribution in [0.2, 0.25) is 5.15 Å². The van der Waals surface area contributed by atoms with Crippen molar-refractivity contribution in [2.45, 2.75) is 38.1 Å². The van der Waals surface area contributed by atoms with Gasteiger partial charge in [0.1, 0.15) is 5.15 Å². The molecule has 1 aromatic carbocycles. The molecule has 2 heterocycles. The summed E-state index contributed by atoms with van der Waals surface area (Å²) in [6, 6.07) is 13.3. The van der Waals surface area contributed by atoms with Crippen molar-refractivity contribution in [2.24, 2.45) is 0 Å². The highest BCUT2D eigenvalue weighted by Gasteiger charge is 2.28. The number of piperidine rings is 1. The van der Waals surface area contributed by atoms with Gasteiger partial charge in [-0.1, -0.05) is 48.9 Å². The van der Waals surface area contributed by atoms with E-state index < -0.39 is 0 Å². The molecular weight excluding hydrogens is 362 g/mol. The van der Waals surface area contributed by atoms with E-state index in [9.17, 15) is 9.59 Å². The third-order valence-corrected chi connectivity index (χ3v) is 5.26. The van der Waals surface area contributed by atoms with E-state index in [1.54, 1.807) is 12.1 Å². The van der Waals surface area contributed by atoms with Gasteiger partial charge in [-0.05, 0) is 37.0 Å². The van der Waals surface area contributed by atoms with Gasteiger partial charge in [0.2, 0.25) is 5.91 Å². The molecule has 0 saturated carbocycles. The van der Waals surface area contributed by atoms with E-state index in [0.717, 1.165) is 24.8 Å². The van der Waals surface area contributed by atoms with Gasteiger partial charge in [0, 0.05) is 25.3 Å². The lowest BCUT2D eigenvalue weighted by atomic mass is 9.93. The second kappa shape index (κ2) is 9.00. The Morgan fingerprint density at radius 1 is 1.19 bits per heavy atom. The largest absolute Gasteiger partial charge is 0.349 e. The smallest absolute Gasteiger partial charge is 0.253 e. The lowest BCUT2D eigenvalue weighted by Gasteiger charge is -2.34. The van der Waals surface area contributed by atoms with Crippen LogP contribution in [-0.4, -0.2) is 40.8 Å². The molecule has 5 nitrogen and oxygen atoms in total. The first-order valence-electron chi connectivity index (χ1n) is 9.34. The minimum atomic E-state index is -0.153. The Labute approximate surface area is 164 Å². The molecule has 6 heteroatoms. The number of amides is 2. The number of halogens is 1. The summed E-state index contributed by atoms with van der Waals surface area (Å²) in [6.45, 7) is 3.36. The van der Waals surface area contributed by atoms with Gasteiger partial charge in [-0.15, -0.1) is 0 Å². The highest BCUT2D eigenvalue weighted by Crippen LogP contribution is 2.24. The third-order valence-electron chi connectivity index (χ3n) is 5.04. The van der Waals surface area contributed by atoms with Crippen LogP contribution < -0.4 is 5.32 Å². The molecule has 1 fully saturated rings. The zero-order chi connectivity index (χ0) is 19.2. The van der Waals surface area contributed by atoms with E-state index in [2.05, 4.69) is 10.3 Å². The number of nitrogens with one attached hydrogen (secondary N) is 1. The number of likely N-dealkylation sites (tertiary alicyclic amines) is 1. The van der Waals surface area contributed by atoms with Crippen LogP contribution in [0.1, 0.15) is 48.0 Å². The Bertz CT molecular complexity index is 772. The second-order valence-electron chi connectivity index (χ2n) is 6.81. The molecule has 0 aliphatic carbocycles. The minimum absolute atomic E-state index is 0.0639. The highest BCUT2D eigenvalue weighted by atomic mass is 35.5. The van der Waals surface area contributed by atoms with Gasteiger partial charge in [-0.3, -0.25) is 9.59 Å². The summed E-state index contributed by atoms with van der Waals surface area (Å²) in [7, 11) is 0. The maximum atomic E-state index is 12.9. The third kappa shape index (κ3) is 4.86. The normalized spacial score (nSPS) is 16.0. The molecule has 1 aliphatic rings. The standard InChI is InChI=1S/C21H24ClN3O2/c1-2-18(15-6-4-3-5-7-15)21(27)25-12-10-17(11-13-25)24-20(26)16-8-9-19(22)23-14-16/h3-9,14,17-18H,2,10-13H2,1H3,(H,24,26). The lowest BCUT2D eigenvalue weighted by molar-refractivity contribution is -0.134. The van der Waals surface area contributed by atoms with Crippen LogP contribution in [0, 0.1) is 0 Å². The Morgan fingerprint density at radius 2 is 1.89 bits per heavy atom. The number of hydrogen-bond acceptors (Lipinski definition) is 3. The quantitative estimate of drug-likeness (QED) is 0.799. The van der Waals surface area contributed by atoms with E-state index >= 15 is 0 Å². The van der Waals surface area contributed by atoms with E-state index in [4.69, 9.17) is 11.6 Å². The number of pyridine rings is 1. The zero-order valence-electron chi connectivity index (χ0n) is 15.4. The summed E-state index contributed by atoms with van der Waals surface area (Å²) in [5.41, 5.74) is 1.56. The Balaban J connectivity index is 1.54. The van der Waals surface area contributed by atoms with Crippen LogP contribution in [0.3, 0.4) is 0 Å². The van der Waals surface area contributed by atoms with Gasteiger partial charge in [0.05, 0.1) is 11.5 Å². The first-order chi connectivity index (χ1) is 13.1. The monoisotopic (exact) mass is 385 g/mol.